The summed E-state index contributed by atoms with van der Waals surface area (Å²) in [6.45, 7) is -2.50. The van der Waals surface area contributed by atoms with Gasteiger partial charge in [0.1, 0.15) is 5.75 Å². The molecule has 7 heteroatoms. The van der Waals surface area contributed by atoms with Gasteiger partial charge in [-0.2, -0.15) is 8.78 Å². The number of hydrogen-bond donors (Lipinski definition) is 3. The lowest BCUT2D eigenvalue weighted by Gasteiger charge is -2.11. The fraction of sp³-hybridized carbons (Fsp3) is 0.167. The Balaban J connectivity index is 1.71. The second kappa shape index (κ2) is 7.21. The minimum Gasteiger partial charge on any atom is -0.478 e. The van der Waals surface area contributed by atoms with E-state index in [9.17, 15) is 18.7 Å². The van der Waals surface area contributed by atoms with Gasteiger partial charge in [-0.1, -0.05) is 18.2 Å². The van der Waals surface area contributed by atoms with E-state index in [1.165, 1.54) is 12.1 Å². The van der Waals surface area contributed by atoms with Crippen LogP contribution in [-0.4, -0.2) is 29.2 Å². The number of H-pyrrole nitrogens is 1. The lowest BCUT2D eigenvalue weighted by Crippen LogP contribution is -2.10. The van der Waals surface area contributed by atoms with Crippen molar-refractivity contribution < 1.29 is 23.4 Å². The van der Waals surface area contributed by atoms with Gasteiger partial charge in [0, 0.05) is 29.3 Å². The van der Waals surface area contributed by atoms with Crippen LogP contribution in [0.5, 0.6) is 5.75 Å². The van der Waals surface area contributed by atoms with Gasteiger partial charge in [0.25, 0.3) is 0 Å². The molecule has 1 heterocycles. The minimum absolute atomic E-state index is 0.114. The van der Waals surface area contributed by atoms with Crippen LogP contribution in [0.15, 0.2) is 48.7 Å². The molecule has 5 nitrogen and oxygen atoms in total. The molecule has 3 aromatic rings. The van der Waals surface area contributed by atoms with Crippen LogP contribution >= 0.6 is 0 Å². The Morgan fingerprint density at radius 1 is 1.24 bits per heavy atom. The molecule has 0 saturated heterocycles. The second-order valence-electron chi connectivity index (χ2n) is 5.43. The average molecular weight is 346 g/mol. The van der Waals surface area contributed by atoms with Crippen LogP contribution in [-0.2, 0) is 6.42 Å². The van der Waals surface area contributed by atoms with Crippen molar-refractivity contribution in [2.45, 2.75) is 13.0 Å². The molecule has 3 N–H and O–H groups in total. The number of ether oxygens (including phenoxy) is 1. The van der Waals surface area contributed by atoms with Crippen molar-refractivity contribution in [1.29, 1.82) is 0 Å². The maximum absolute atomic E-state index is 12.3. The molecule has 0 spiro atoms. The molecule has 3 rings (SSSR count). The predicted octanol–water partition coefficient (Wildman–Crippen LogP) is 4.12. The molecule has 0 aliphatic heterocycles. The molecule has 2 aromatic carbocycles. The maximum Gasteiger partial charge on any atom is 0.387 e. The molecule has 0 bridgehead atoms. The van der Waals surface area contributed by atoms with Crippen molar-refractivity contribution in [1.82, 2.24) is 4.98 Å². The molecule has 0 aliphatic carbocycles. The average Bonchev–Trinajstić information content (AvgIpc) is 2.99. The van der Waals surface area contributed by atoms with Crippen molar-refractivity contribution in [3.8, 4) is 5.75 Å². The Kier molecular flexibility index (Phi) is 4.83. The number of carboxylic acid groups (broad SMARTS) is 1. The number of fused-ring (bicyclic) bond motifs is 1. The number of anilines is 1. The summed E-state index contributed by atoms with van der Waals surface area (Å²) >= 11 is 0. The number of aromatic amines is 1. The maximum atomic E-state index is 12.3. The van der Waals surface area contributed by atoms with Crippen molar-refractivity contribution in [3.05, 3.63) is 59.8 Å². The minimum atomic E-state index is -3.00. The highest BCUT2D eigenvalue weighted by molar-refractivity contribution is 5.94. The third-order valence-corrected chi connectivity index (χ3v) is 3.83. The first-order valence-corrected chi connectivity index (χ1v) is 7.65. The van der Waals surface area contributed by atoms with Crippen LogP contribution in [0.2, 0.25) is 0 Å². The van der Waals surface area contributed by atoms with Crippen molar-refractivity contribution in [3.63, 3.8) is 0 Å². The normalized spacial score (nSPS) is 11.0. The van der Waals surface area contributed by atoms with Crippen LogP contribution in [0.25, 0.3) is 10.9 Å². The quantitative estimate of drug-likeness (QED) is 0.601. The van der Waals surface area contributed by atoms with Gasteiger partial charge in [-0.3, -0.25) is 0 Å². The third kappa shape index (κ3) is 3.88. The monoisotopic (exact) mass is 346 g/mol. The molecule has 0 aliphatic rings. The number of carboxylic acids is 1. The molecule has 0 radical (unpaired) electrons. The Morgan fingerprint density at radius 2 is 2.04 bits per heavy atom. The highest BCUT2D eigenvalue weighted by Gasteiger charge is 2.14. The first-order valence-electron chi connectivity index (χ1n) is 7.65. The van der Waals surface area contributed by atoms with E-state index < -0.39 is 12.6 Å². The van der Waals surface area contributed by atoms with Crippen LogP contribution < -0.4 is 10.1 Å². The van der Waals surface area contributed by atoms with Crippen LogP contribution in [0.3, 0.4) is 0 Å². The van der Waals surface area contributed by atoms with Gasteiger partial charge in [-0.25, -0.2) is 4.79 Å². The van der Waals surface area contributed by atoms with E-state index >= 15 is 0 Å². The number of aromatic carboxylic acids is 1. The van der Waals surface area contributed by atoms with E-state index in [4.69, 9.17) is 0 Å². The molecule has 25 heavy (non-hydrogen) atoms. The summed E-state index contributed by atoms with van der Waals surface area (Å²) in [6, 6.07) is 11.7. The van der Waals surface area contributed by atoms with E-state index in [0.717, 1.165) is 22.5 Å². The Hall–Kier alpha value is -3.09. The van der Waals surface area contributed by atoms with E-state index in [2.05, 4.69) is 15.0 Å². The molecule has 0 saturated carbocycles. The first-order chi connectivity index (χ1) is 12.0. The smallest absolute Gasteiger partial charge is 0.387 e. The van der Waals surface area contributed by atoms with Gasteiger partial charge in [0.05, 0.1) is 5.56 Å². The topological polar surface area (TPSA) is 74.3 Å². The summed E-state index contributed by atoms with van der Waals surface area (Å²) in [5.41, 5.74) is 2.39. The fourth-order valence-corrected chi connectivity index (χ4v) is 2.70. The number of hydrogen-bond acceptors (Lipinski definition) is 3. The summed E-state index contributed by atoms with van der Waals surface area (Å²) in [6.07, 6.45) is 2.60. The van der Waals surface area contributed by atoms with E-state index in [1.54, 1.807) is 0 Å². The zero-order valence-corrected chi connectivity index (χ0v) is 13.1. The lowest BCUT2D eigenvalue weighted by atomic mass is 10.1. The Labute approximate surface area is 142 Å². The predicted molar refractivity (Wildman–Crippen MR) is 90.5 cm³/mol. The number of nitrogens with one attached hydrogen (secondary N) is 2. The van der Waals surface area contributed by atoms with Gasteiger partial charge in [-0.15, -0.1) is 0 Å². The van der Waals surface area contributed by atoms with E-state index in [0.29, 0.717) is 18.7 Å². The molecule has 0 fully saturated rings. The number of carbonyl (C=O) groups is 1. The molecule has 0 unspecified atom stereocenters. The van der Waals surface area contributed by atoms with Crippen molar-refractivity contribution in [2.75, 3.05) is 11.9 Å². The molecular weight excluding hydrogens is 330 g/mol. The zero-order chi connectivity index (χ0) is 17.8. The summed E-state index contributed by atoms with van der Waals surface area (Å²) in [5, 5.41) is 13.4. The van der Waals surface area contributed by atoms with E-state index in [-0.39, 0.29) is 11.3 Å². The number of alkyl halides is 2. The van der Waals surface area contributed by atoms with Crippen LogP contribution in [0.4, 0.5) is 14.5 Å². The number of aromatic nitrogens is 1. The standard InChI is InChI=1S/C18H16F2N2O3/c19-18(20)25-12-5-6-16(14(9-12)17(23)24)21-8-7-11-10-22-15-4-2-1-3-13(11)15/h1-6,9-10,18,21-22H,7-8H2,(H,23,24). The van der Waals surface area contributed by atoms with Crippen LogP contribution in [0.1, 0.15) is 15.9 Å². The number of halogens is 2. The van der Waals surface area contributed by atoms with E-state index in [1.807, 2.05) is 30.5 Å². The van der Waals surface area contributed by atoms with Crippen molar-refractivity contribution in [2.24, 2.45) is 0 Å². The molecule has 0 amide bonds. The molecule has 1 aromatic heterocycles. The summed E-state index contributed by atoms with van der Waals surface area (Å²) in [5.74, 6) is -1.40. The Bertz CT molecular complexity index is 893. The van der Waals surface area contributed by atoms with Crippen LogP contribution in [0, 0.1) is 0 Å². The first kappa shape index (κ1) is 16.8. The second-order valence-corrected chi connectivity index (χ2v) is 5.43. The fourth-order valence-electron chi connectivity index (χ4n) is 2.70. The van der Waals surface area contributed by atoms with Gasteiger partial charge in [-0.05, 0) is 36.2 Å². The molecular formula is C18H16F2N2O3. The summed E-state index contributed by atoms with van der Waals surface area (Å²) in [7, 11) is 0. The highest BCUT2D eigenvalue weighted by atomic mass is 19.3. The molecule has 130 valence electrons. The van der Waals surface area contributed by atoms with Gasteiger partial charge >= 0.3 is 12.6 Å². The van der Waals surface area contributed by atoms with Crippen molar-refractivity contribution >= 4 is 22.6 Å². The SMILES string of the molecule is O=C(O)c1cc(OC(F)F)ccc1NCCc1c[nH]c2ccccc12. The van der Waals surface area contributed by atoms with Gasteiger partial charge in [0.2, 0.25) is 0 Å². The summed E-state index contributed by atoms with van der Waals surface area (Å²) < 4.78 is 28.7. The number of benzene rings is 2. The number of para-hydroxylation sites is 1. The Morgan fingerprint density at radius 3 is 2.80 bits per heavy atom. The largest absolute Gasteiger partial charge is 0.478 e. The van der Waals surface area contributed by atoms with Gasteiger partial charge < -0.3 is 20.1 Å². The lowest BCUT2D eigenvalue weighted by molar-refractivity contribution is -0.0499. The third-order valence-electron chi connectivity index (χ3n) is 3.83. The number of rotatable bonds is 7. The molecule has 0 atom stereocenters. The highest BCUT2D eigenvalue weighted by Crippen LogP contribution is 2.24. The zero-order valence-electron chi connectivity index (χ0n) is 13.1. The summed E-state index contributed by atoms with van der Waals surface area (Å²) in [4.78, 5) is 14.5. The van der Waals surface area contributed by atoms with Gasteiger partial charge in [0.15, 0.2) is 0 Å².